The van der Waals surface area contributed by atoms with Gasteiger partial charge in [-0.25, -0.2) is 4.79 Å². The maximum absolute atomic E-state index is 13.1. The van der Waals surface area contributed by atoms with Crippen LogP contribution in [0.15, 0.2) is 30.3 Å². The first-order chi connectivity index (χ1) is 13.6. The van der Waals surface area contributed by atoms with Crippen molar-refractivity contribution in [3.05, 3.63) is 30.3 Å². The van der Waals surface area contributed by atoms with E-state index in [1.54, 1.807) is 4.90 Å². The first-order valence-electron chi connectivity index (χ1n) is 11.0. The van der Waals surface area contributed by atoms with E-state index in [2.05, 4.69) is 10.6 Å². The zero-order chi connectivity index (χ0) is 19.1. The molecule has 4 bridgehead atoms. The Labute approximate surface area is 167 Å². The SMILES string of the molecule is O=C(NC12CC3CC(CC(C3)C1)C2)C1CCCN(C(=O)Nc2ccccc2)C1. The molecular formula is C23H31N3O2. The van der Waals surface area contributed by atoms with Crippen molar-refractivity contribution in [1.82, 2.24) is 10.2 Å². The van der Waals surface area contributed by atoms with E-state index in [0.29, 0.717) is 6.54 Å². The fourth-order valence-electron chi connectivity index (χ4n) is 6.73. The van der Waals surface area contributed by atoms with E-state index in [-0.39, 0.29) is 23.4 Å². The minimum Gasteiger partial charge on any atom is -0.350 e. The number of likely N-dealkylation sites (tertiary alicyclic amines) is 1. The fourth-order valence-corrected chi connectivity index (χ4v) is 6.73. The maximum Gasteiger partial charge on any atom is 0.321 e. The lowest BCUT2D eigenvalue weighted by molar-refractivity contribution is -0.132. The zero-order valence-corrected chi connectivity index (χ0v) is 16.5. The quantitative estimate of drug-likeness (QED) is 0.831. The number of hydrogen-bond donors (Lipinski definition) is 2. The van der Waals surface area contributed by atoms with Crippen molar-refractivity contribution in [2.24, 2.45) is 23.7 Å². The summed E-state index contributed by atoms with van der Waals surface area (Å²) in [5.74, 6) is 2.57. The Kier molecular flexibility index (Phi) is 4.56. The highest BCUT2D eigenvalue weighted by molar-refractivity contribution is 5.90. The Morgan fingerprint density at radius 3 is 2.25 bits per heavy atom. The van der Waals surface area contributed by atoms with Crippen LogP contribution in [0.2, 0.25) is 0 Å². The molecule has 1 aliphatic heterocycles. The first kappa shape index (κ1) is 18.0. The molecule has 1 unspecified atom stereocenters. The Balaban J connectivity index is 1.20. The van der Waals surface area contributed by atoms with Gasteiger partial charge in [0.05, 0.1) is 5.92 Å². The van der Waals surface area contributed by atoms with Crippen molar-refractivity contribution in [3.63, 3.8) is 0 Å². The minimum absolute atomic E-state index is 0.0560. The van der Waals surface area contributed by atoms with Crippen molar-refractivity contribution in [2.45, 2.75) is 56.9 Å². The average molecular weight is 382 g/mol. The molecule has 4 saturated carbocycles. The van der Waals surface area contributed by atoms with Crippen LogP contribution in [0, 0.1) is 23.7 Å². The van der Waals surface area contributed by atoms with Gasteiger partial charge < -0.3 is 15.5 Å². The lowest BCUT2D eigenvalue weighted by Gasteiger charge is -2.57. The number of hydrogen-bond acceptors (Lipinski definition) is 2. The second kappa shape index (κ2) is 7.09. The van der Waals surface area contributed by atoms with Gasteiger partial charge in [0.2, 0.25) is 5.91 Å². The number of benzene rings is 1. The van der Waals surface area contributed by atoms with E-state index < -0.39 is 0 Å². The molecular weight excluding hydrogens is 350 g/mol. The molecule has 0 radical (unpaired) electrons. The van der Waals surface area contributed by atoms with Gasteiger partial charge in [-0.2, -0.15) is 0 Å². The summed E-state index contributed by atoms with van der Waals surface area (Å²) in [4.78, 5) is 27.6. The van der Waals surface area contributed by atoms with Gasteiger partial charge in [0.1, 0.15) is 0 Å². The summed E-state index contributed by atoms with van der Waals surface area (Å²) in [6.45, 7) is 1.25. The number of urea groups is 1. The van der Waals surface area contributed by atoms with Gasteiger partial charge in [0.15, 0.2) is 0 Å². The van der Waals surface area contributed by atoms with E-state index in [4.69, 9.17) is 0 Å². The third-order valence-electron chi connectivity index (χ3n) is 7.53. The smallest absolute Gasteiger partial charge is 0.321 e. The van der Waals surface area contributed by atoms with Crippen molar-refractivity contribution < 1.29 is 9.59 Å². The monoisotopic (exact) mass is 381 g/mol. The van der Waals surface area contributed by atoms with Crippen molar-refractivity contribution in [3.8, 4) is 0 Å². The van der Waals surface area contributed by atoms with Gasteiger partial charge in [-0.3, -0.25) is 4.79 Å². The molecule has 1 atom stereocenters. The van der Waals surface area contributed by atoms with Crippen LogP contribution in [-0.2, 0) is 4.79 Å². The molecule has 5 nitrogen and oxygen atoms in total. The van der Waals surface area contributed by atoms with Crippen molar-refractivity contribution in [1.29, 1.82) is 0 Å². The highest BCUT2D eigenvalue weighted by Crippen LogP contribution is 2.55. The van der Waals surface area contributed by atoms with Crippen LogP contribution < -0.4 is 10.6 Å². The number of anilines is 1. The number of rotatable bonds is 3. The summed E-state index contributed by atoms with van der Waals surface area (Å²) in [7, 11) is 0. The molecule has 2 N–H and O–H groups in total. The number of carbonyl (C=O) groups excluding carboxylic acids is 2. The van der Waals surface area contributed by atoms with Gasteiger partial charge in [0.25, 0.3) is 0 Å². The average Bonchev–Trinajstić information content (AvgIpc) is 2.67. The lowest BCUT2D eigenvalue weighted by Crippen LogP contribution is -2.61. The summed E-state index contributed by atoms with van der Waals surface area (Å²) < 4.78 is 0. The standard InChI is InChI=1S/C23H31N3O2/c27-21(25-23-12-16-9-17(13-23)11-18(10-16)14-23)19-5-4-8-26(15-19)22(28)24-20-6-2-1-3-7-20/h1-3,6-7,16-19H,4-5,8-15H2,(H,24,28)(H,25,27). The lowest BCUT2D eigenvalue weighted by atomic mass is 9.53. The third-order valence-corrected chi connectivity index (χ3v) is 7.53. The van der Waals surface area contributed by atoms with E-state index in [1.807, 2.05) is 30.3 Å². The van der Waals surface area contributed by atoms with Crippen molar-refractivity contribution in [2.75, 3.05) is 18.4 Å². The van der Waals surface area contributed by atoms with Crippen LogP contribution in [0.1, 0.15) is 51.4 Å². The molecule has 4 aliphatic carbocycles. The molecule has 150 valence electrons. The summed E-state index contributed by atoms with van der Waals surface area (Å²) in [5.41, 5.74) is 0.855. The highest BCUT2D eigenvalue weighted by atomic mass is 16.2. The number of piperidine rings is 1. The maximum atomic E-state index is 13.1. The second-order valence-electron chi connectivity index (χ2n) is 9.77. The van der Waals surface area contributed by atoms with Gasteiger partial charge in [-0.1, -0.05) is 18.2 Å². The third kappa shape index (κ3) is 3.51. The van der Waals surface area contributed by atoms with Crippen LogP contribution in [0.3, 0.4) is 0 Å². The normalized spacial score (nSPS) is 36.2. The number of para-hydroxylation sites is 1. The highest BCUT2D eigenvalue weighted by Gasteiger charge is 2.52. The van der Waals surface area contributed by atoms with E-state index in [0.717, 1.165) is 42.8 Å². The molecule has 5 heteroatoms. The molecule has 28 heavy (non-hydrogen) atoms. The van der Waals surface area contributed by atoms with E-state index >= 15 is 0 Å². The molecule has 6 rings (SSSR count). The van der Waals surface area contributed by atoms with Gasteiger partial charge >= 0.3 is 6.03 Å². The van der Waals surface area contributed by atoms with Crippen LogP contribution in [0.5, 0.6) is 0 Å². The fraction of sp³-hybridized carbons (Fsp3) is 0.652. The van der Waals surface area contributed by atoms with Crippen LogP contribution in [0.4, 0.5) is 10.5 Å². The molecule has 3 amide bonds. The van der Waals surface area contributed by atoms with Gasteiger partial charge in [0, 0.05) is 24.3 Å². The van der Waals surface area contributed by atoms with E-state index in [1.165, 1.54) is 38.5 Å². The number of amides is 3. The predicted octanol–water partition coefficient (Wildman–Crippen LogP) is 4.02. The zero-order valence-electron chi connectivity index (χ0n) is 16.5. The molecule has 5 aliphatic rings. The molecule has 1 saturated heterocycles. The summed E-state index contributed by atoms with van der Waals surface area (Å²) >= 11 is 0. The Bertz CT molecular complexity index is 712. The molecule has 1 aromatic rings. The molecule has 0 aromatic heterocycles. The van der Waals surface area contributed by atoms with Crippen LogP contribution in [-0.4, -0.2) is 35.5 Å². The summed E-state index contributed by atoms with van der Waals surface area (Å²) in [6.07, 6.45) is 9.44. The summed E-state index contributed by atoms with van der Waals surface area (Å²) in [5, 5.41) is 6.46. The summed E-state index contributed by atoms with van der Waals surface area (Å²) in [6, 6.07) is 9.43. The molecule has 1 aromatic carbocycles. The number of carbonyl (C=O) groups is 2. The first-order valence-corrected chi connectivity index (χ1v) is 11.0. The Hall–Kier alpha value is -2.04. The van der Waals surface area contributed by atoms with Crippen LogP contribution >= 0.6 is 0 Å². The largest absolute Gasteiger partial charge is 0.350 e. The van der Waals surface area contributed by atoms with Gasteiger partial charge in [-0.05, 0) is 81.3 Å². The van der Waals surface area contributed by atoms with Crippen molar-refractivity contribution >= 4 is 17.6 Å². The molecule has 1 heterocycles. The predicted molar refractivity (Wildman–Crippen MR) is 109 cm³/mol. The Morgan fingerprint density at radius 1 is 0.964 bits per heavy atom. The molecule has 5 fully saturated rings. The number of nitrogens with zero attached hydrogens (tertiary/aromatic N) is 1. The number of nitrogens with one attached hydrogen (secondary N) is 2. The Morgan fingerprint density at radius 2 is 1.61 bits per heavy atom. The minimum atomic E-state index is -0.0986. The van der Waals surface area contributed by atoms with Crippen LogP contribution in [0.25, 0.3) is 0 Å². The van der Waals surface area contributed by atoms with Gasteiger partial charge in [-0.15, -0.1) is 0 Å². The van der Waals surface area contributed by atoms with E-state index in [9.17, 15) is 9.59 Å². The topological polar surface area (TPSA) is 61.4 Å². The second-order valence-corrected chi connectivity index (χ2v) is 9.77. The molecule has 0 spiro atoms.